The first-order valence-electron chi connectivity index (χ1n) is 16.2. The van der Waals surface area contributed by atoms with Crippen LogP contribution in [0, 0.1) is 50.2 Å². The Morgan fingerprint density at radius 1 is 0.925 bits per heavy atom. The van der Waals surface area contributed by atoms with Crippen LogP contribution in [0.3, 0.4) is 0 Å². The molecular weight excluding hydrogens is 609 g/mol. The maximum absolute atomic E-state index is 14.1. The fourth-order valence-corrected chi connectivity index (χ4v) is 11.2. The Hall–Kier alpha value is -0.140. The minimum atomic E-state index is -0.354. The Morgan fingerprint density at radius 3 is 2.23 bits per heavy atom. The summed E-state index contributed by atoms with van der Waals surface area (Å²) in [5.74, 6) is 1.58. The highest BCUT2D eigenvalue weighted by Crippen LogP contribution is 2.75. The van der Waals surface area contributed by atoms with E-state index in [0.717, 1.165) is 62.4 Å². The third kappa shape index (κ3) is 4.77. The molecule has 0 aromatic carbocycles. The van der Waals surface area contributed by atoms with Crippen molar-refractivity contribution in [1.82, 2.24) is 0 Å². The van der Waals surface area contributed by atoms with Crippen molar-refractivity contribution in [2.45, 2.75) is 119 Å². The van der Waals surface area contributed by atoms with Gasteiger partial charge in [-0.3, -0.25) is 4.79 Å². The number of fused-ring (bicyclic) bond motifs is 7. The molecular formula is C35H60INO3. The Balaban J connectivity index is 0.00000370. The van der Waals surface area contributed by atoms with E-state index < -0.39 is 0 Å². The fourth-order valence-electron chi connectivity index (χ4n) is 11.2. The molecule has 1 N–H and O–H groups in total. The lowest BCUT2D eigenvalue weighted by molar-refractivity contribution is -0.870. The monoisotopic (exact) mass is 669 g/mol. The summed E-state index contributed by atoms with van der Waals surface area (Å²) in [5.41, 5.74) is 2.08. The van der Waals surface area contributed by atoms with Gasteiger partial charge in [0.05, 0.1) is 32.7 Å². The van der Waals surface area contributed by atoms with Gasteiger partial charge >= 0.3 is 5.97 Å². The summed E-state index contributed by atoms with van der Waals surface area (Å²) in [6, 6.07) is 0. The first kappa shape index (κ1) is 32.8. The predicted octanol–water partition coefficient (Wildman–Crippen LogP) is 4.40. The Bertz CT molecular complexity index is 1030. The maximum atomic E-state index is 14.1. The number of carbonyl (C=O) groups is 1. The second-order valence-corrected chi connectivity index (χ2v) is 17.9. The van der Waals surface area contributed by atoms with E-state index in [4.69, 9.17) is 4.74 Å². The van der Waals surface area contributed by atoms with Gasteiger partial charge < -0.3 is 38.3 Å². The number of nitrogens with zero attached hydrogens (tertiary/aromatic N) is 1. The number of ether oxygens (including phenoxy) is 1. The van der Waals surface area contributed by atoms with Gasteiger partial charge in [0, 0.05) is 0 Å². The van der Waals surface area contributed by atoms with Crippen molar-refractivity contribution in [2.24, 2.45) is 50.2 Å². The molecule has 5 rings (SSSR count). The van der Waals surface area contributed by atoms with Crippen molar-refractivity contribution >= 4 is 5.97 Å². The molecule has 0 saturated heterocycles. The van der Waals surface area contributed by atoms with Crippen LogP contribution < -0.4 is 24.0 Å². The van der Waals surface area contributed by atoms with Crippen molar-refractivity contribution in [3.05, 3.63) is 11.6 Å². The number of hydrogen-bond donors (Lipinski definition) is 1. The van der Waals surface area contributed by atoms with E-state index in [2.05, 4.69) is 75.7 Å². The molecule has 0 spiro atoms. The number of halogens is 1. The molecule has 8 atom stereocenters. The highest BCUT2D eigenvalue weighted by Gasteiger charge is 2.69. The minimum Gasteiger partial charge on any atom is -1.00 e. The number of hydrogen-bond acceptors (Lipinski definition) is 3. The van der Waals surface area contributed by atoms with Crippen LogP contribution in [0.2, 0.25) is 0 Å². The molecule has 0 heterocycles. The lowest BCUT2D eigenvalue weighted by Crippen LogP contribution is -3.00. The lowest BCUT2D eigenvalue weighted by Gasteiger charge is -2.71. The molecule has 0 aromatic heterocycles. The summed E-state index contributed by atoms with van der Waals surface area (Å²) in [6.45, 7) is 18.7. The van der Waals surface area contributed by atoms with Gasteiger partial charge in [-0.15, -0.1) is 0 Å². The number of aliphatic hydroxyl groups excluding tert-OH is 1. The number of quaternary nitrogens is 1. The highest BCUT2D eigenvalue weighted by atomic mass is 127. The molecule has 4 fully saturated rings. The van der Waals surface area contributed by atoms with Crippen LogP contribution in [0.25, 0.3) is 0 Å². The Morgan fingerprint density at radius 2 is 1.57 bits per heavy atom. The van der Waals surface area contributed by atoms with Crippen LogP contribution in [0.5, 0.6) is 0 Å². The zero-order valence-electron chi connectivity index (χ0n) is 27.5. The molecule has 0 unspecified atom stereocenters. The van der Waals surface area contributed by atoms with Crippen LogP contribution >= 0.6 is 0 Å². The van der Waals surface area contributed by atoms with Crippen LogP contribution in [-0.4, -0.2) is 56.0 Å². The second-order valence-electron chi connectivity index (χ2n) is 17.9. The highest BCUT2D eigenvalue weighted by molar-refractivity contribution is 5.78. The normalized spacial score (nSPS) is 45.4. The van der Waals surface area contributed by atoms with Gasteiger partial charge in [0.1, 0.15) is 13.2 Å². The fraction of sp³-hybridized carbons (Fsp3) is 0.914. The van der Waals surface area contributed by atoms with Crippen molar-refractivity contribution in [3.8, 4) is 0 Å². The molecule has 0 bridgehead atoms. The summed E-state index contributed by atoms with van der Waals surface area (Å²) >= 11 is 0. The number of likely N-dealkylation sites (N-methyl/N-ethyl adjacent to an activating group) is 1. The molecule has 4 nitrogen and oxygen atoms in total. The van der Waals surface area contributed by atoms with E-state index in [-0.39, 0.29) is 68.5 Å². The molecule has 230 valence electrons. The maximum Gasteiger partial charge on any atom is 0.312 e. The lowest BCUT2D eigenvalue weighted by atomic mass is 9.33. The van der Waals surface area contributed by atoms with E-state index in [0.29, 0.717) is 24.4 Å². The number of esters is 1. The number of aliphatic hydroxyl groups is 1. The van der Waals surface area contributed by atoms with Gasteiger partial charge in [-0.2, -0.15) is 0 Å². The quantitative estimate of drug-likeness (QED) is 0.209. The molecule has 5 aliphatic carbocycles. The van der Waals surface area contributed by atoms with E-state index in [1.165, 1.54) is 12.8 Å². The first-order valence-corrected chi connectivity index (χ1v) is 16.2. The largest absolute Gasteiger partial charge is 1.00 e. The summed E-state index contributed by atoms with van der Waals surface area (Å²) < 4.78 is 6.96. The van der Waals surface area contributed by atoms with Gasteiger partial charge in [0.25, 0.3) is 0 Å². The summed E-state index contributed by atoms with van der Waals surface area (Å²) in [6.07, 6.45) is 13.3. The topological polar surface area (TPSA) is 46.5 Å². The van der Waals surface area contributed by atoms with Crippen molar-refractivity contribution in [2.75, 3.05) is 34.3 Å². The van der Waals surface area contributed by atoms with Gasteiger partial charge in [-0.05, 0) is 109 Å². The molecule has 40 heavy (non-hydrogen) atoms. The molecule has 5 aliphatic rings. The zero-order chi connectivity index (χ0) is 28.9. The van der Waals surface area contributed by atoms with E-state index in [1.54, 1.807) is 5.57 Å². The molecule has 0 aromatic rings. The van der Waals surface area contributed by atoms with E-state index >= 15 is 0 Å². The first-order chi connectivity index (χ1) is 17.8. The Kier molecular flexibility index (Phi) is 8.36. The molecule has 0 aliphatic heterocycles. The Labute approximate surface area is 263 Å². The van der Waals surface area contributed by atoms with Crippen molar-refractivity contribution in [1.29, 1.82) is 0 Å². The van der Waals surface area contributed by atoms with Crippen LogP contribution in [0.1, 0.15) is 113 Å². The van der Waals surface area contributed by atoms with Crippen molar-refractivity contribution in [3.63, 3.8) is 0 Å². The van der Waals surface area contributed by atoms with Gasteiger partial charge in [-0.25, -0.2) is 0 Å². The zero-order valence-corrected chi connectivity index (χ0v) is 29.6. The smallest absolute Gasteiger partial charge is 0.312 e. The average molecular weight is 670 g/mol. The molecule has 0 radical (unpaired) electrons. The molecule has 5 heteroatoms. The second kappa shape index (κ2) is 10.2. The van der Waals surface area contributed by atoms with E-state index in [9.17, 15) is 9.90 Å². The molecule has 0 amide bonds. The van der Waals surface area contributed by atoms with Crippen molar-refractivity contribution < 1.29 is 43.1 Å². The van der Waals surface area contributed by atoms with Crippen LogP contribution in [-0.2, 0) is 9.53 Å². The number of carbonyl (C=O) groups excluding carboxylic acids is 1. The average Bonchev–Trinajstić information content (AvgIpc) is 2.81. The van der Waals surface area contributed by atoms with Crippen LogP contribution in [0.15, 0.2) is 11.6 Å². The van der Waals surface area contributed by atoms with E-state index in [1.807, 2.05) is 0 Å². The standard InChI is InChI=1S/C35H60NO3.HI/c1-30(2)17-19-35(29(38)39-22-21-36(8,9)10)20-18-33(6)24(25(35)23-30)11-12-27-32(5)15-14-28(37)31(3,4)26(32)13-16-34(27,33)7;/h11,25-28,37H,12-23H2,1-10H3;1H/q+1;/p-1/t25-,26-,27+,28-,32-,33+,34+,35-;/m0./s1. The number of rotatable bonds is 4. The SMILES string of the molecule is CC1(C)CC[C@]2(C(=O)OCC[N+](C)(C)C)CC[C@]3(C)C(=CC[C@@H]4[C@@]5(C)CC[C@H](O)C(C)(C)[C@@H]5CC[C@]43C)[C@@H]2C1.[I-]. The minimum absolute atomic E-state index is 0. The third-order valence-electron chi connectivity index (χ3n) is 14.0. The van der Waals surface area contributed by atoms with Gasteiger partial charge in [-0.1, -0.05) is 60.1 Å². The predicted molar refractivity (Wildman–Crippen MR) is 159 cm³/mol. The van der Waals surface area contributed by atoms with Gasteiger partial charge in [0.15, 0.2) is 0 Å². The third-order valence-corrected chi connectivity index (χ3v) is 14.0. The summed E-state index contributed by atoms with van der Waals surface area (Å²) in [7, 11) is 6.49. The van der Waals surface area contributed by atoms with Crippen LogP contribution in [0.4, 0.5) is 0 Å². The number of allylic oxidation sites excluding steroid dienone is 2. The summed E-state index contributed by atoms with van der Waals surface area (Å²) in [4.78, 5) is 14.1. The molecule has 4 saturated carbocycles. The summed E-state index contributed by atoms with van der Waals surface area (Å²) in [5, 5.41) is 11.0. The van der Waals surface area contributed by atoms with Gasteiger partial charge in [0.2, 0.25) is 0 Å².